The first kappa shape index (κ1) is 16.3. The summed E-state index contributed by atoms with van der Waals surface area (Å²) >= 11 is 0. The van der Waals surface area contributed by atoms with E-state index in [1.807, 2.05) is 29.1 Å². The summed E-state index contributed by atoms with van der Waals surface area (Å²) in [5, 5.41) is 8.12. The zero-order chi connectivity index (χ0) is 17.4. The van der Waals surface area contributed by atoms with Gasteiger partial charge in [0.05, 0.1) is 19.3 Å². The van der Waals surface area contributed by atoms with Gasteiger partial charge in [0, 0.05) is 31.1 Å². The van der Waals surface area contributed by atoms with Crippen LogP contribution in [0.4, 0.5) is 0 Å². The lowest BCUT2D eigenvalue weighted by molar-refractivity contribution is 0.0494. The molecule has 132 valence electrons. The lowest BCUT2D eigenvalue weighted by atomic mass is 9.90. The third kappa shape index (κ3) is 3.31. The van der Waals surface area contributed by atoms with E-state index >= 15 is 0 Å². The number of ether oxygens (including phenoxy) is 1. The predicted octanol–water partition coefficient (Wildman–Crippen LogP) is 2.89. The van der Waals surface area contributed by atoms with Crippen LogP contribution in [0.2, 0.25) is 0 Å². The molecule has 2 aromatic rings. The zero-order valence-electron chi connectivity index (χ0n) is 14.8. The molecule has 6 heteroatoms. The Morgan fingerprint density at radius 3 is 2.80 bits per heavy atom. The fourth-order valence-corrected chi connectivity index (χ4v) is 3.55. The third-order valence-corrected chi connectivity index (χ3v) is 5.31. The van der Waals surface area contributed by atoms with E-state index < -0.39 is 0 Å². The van der Waals surface area contributed by atoms with Crippen molar-refractivity contribution >= 4 is 5.78 Å². The maximum Gasteiger partial charge on any atom is 0.185 e. The average molecular weight is 340 g/mol. The number of Topliss-reactive ketones (excluding diaryl/α,β-unsaturated/α-hetero) is 1. The van der Waals surface area contributed by atoms with Crippen LogP contribution >= 0.6 is 0 Å². The molecular formula is C19H24N4O2. The predicted molar refractivity (Wildman–Crippen MR) is 93.7 cm³/mol. The third-order valence-electron chi connectivity index (χ3n) is 5.31. The van der Waals surface area contributed by atoms with Crippen molar-refractivity contribution in [2.45, 2.75) is 38.3 Å². The molecule has 1 aliphatic carbocycles. The molecule has 1 aliphatic heterocycles. The molecule has 2 aliphatic rings. The summed E-state index contributed by atoms with van der Waals surface area (Å²) in [5.74, 6) is 1.43. The van der Waals surface area contributed by atoms with Gasteiger partial charge in [-0.3, -0.25) is 9.69 Å². The lowest BCUT2D eigenvalue weighted by Crippen LogP contribution is -2.48. The number of aromatic nitrogens is 3. The molecule has 0 spiro atoms. The van der Waals surface area contributed by atoms with Crippen molar-refractivity contribution in [3.63, 3.8) is 0 Å². The van der Waals surface area contributed by atoms with Crippen LogP contribution in [0, 0.1) is 5.92 Å². The van der Waals surface area contributed by atoms with Crippen molar-refractivity contribution in [1.82, 2.24) is 19.9 Å². The first-order valence-electron chi connectivity index (χ1n) is 8.97. The number of likely N-dealkylation sites (tertiary alicyclic amines) is 1. The number of carbonyl (C=O) groups is 1. The summed E-state index contributed by atoms with van der Waals surface area (Å²) in [6.45, 7) is 4.06. The minimum atomic E-state index is 0.112. The summed E-state index contributed by atoms with van der Waals surface area (Å²) in [5.41, 5.74) is 1.71. The number of para-hydroxylation sites is 1. The highest BCUT2D eigenvalue weighted by Gasteiger charge is 2.34. The molecule has 1 saturated carbocycles. The topological polar surface area (TPSA) is 60.2 Å². The van der Waals surface area contributed by atoms with Crippen LogP contribution in [-0.2, 0) is 0 Å². The van der Waals surface area contributed by atoms with Gasteiger partial charge in [-0.05, 0) is 31.7 Å². The van der Waals surface area contributed by atoms with Gasteiger partial charge in [0.25, 0.3) is 0 Å². The number of nitrogens with zero attached hydrogens (tertiary/aromatic N) is 4. The Kier molecular flexibility index (Phi) is 4.29. The highest BCUT2D eigenvalue weighted by Crippen LogP contribution is 2.35. The minimum absolute atomic E-state index is 0.112. The second-order valence-corrected chi connectivity index (χ2v) is 7.18. The molecule has 2 fully saturated rings. The molecule has 0 bridgehead atoms. The van der Waals surface area contributed by atoms with Crippen molar-refractivity contribution in [2.24, 2.45) is 5.92 Å². The van der Waals surface area contributed by atoms with Crippen LogP contribution in [0.5, 0.6) is 5.75 Å². The fourth-order valence-electron chi connectivity index (χ4n) is 3.55. The lowest BCUT2D eigenvalue weighted by Gasteiger charge is -2.43. The standard InChI is InChI=1S/C19H24N4O2/c1-13(16-5-3-4-6-19(16)25-2)22-10-14(11-22)9-18(24)17-12-23(21-20-17)15-7-8-15/h3-6,12-15H,7-11H2,1-2H3/t13-/m0/s1. The summed E-state index contributed by atoms with van der Waals surface area (Å²) < 4.78 is 7.30. The van der Waals surface area contributed by atoms with Gasteiger partial charge in [-0.1, -0.05) is 23.4 Å². The van der Waals surface area contributed by atoms with Crippen molar-refractivity contribution in [2.75, 3.05) is 20.2 Å². The SMILES string of the molecule is COc1ccccc1[C@H](C)N1CC(CC(=O)c2cn(C3CC3)nn2)C1. The van der Waals surface area contributed by atoms with Crippen molar-refractivity contribution in [1.29, 1.82) is 0 Å². The Morgan fingerprint density at radius 2 is 2.08 bits per heavy atom. The minimum Gasteiger partial charge on any atom is -0.496 e. The number of rotatable bonds is 7. The van der Waals surface area contributed by atoms with E-state index in [4.69, 9.17) is 4.74 Å². The smallest absolute Gasteiger partial charge is 0.185 e. The van der Waals surface area contributed by atoms with Gasteiger partial charge in [-0.25, -0.2) is 4.68 Å². The normalized spacial score (nSPS) is 19.4. The molecule has 0 radical (unpaired) electrons. The number of hydrogen-bond donors (Lipinski definition) is 0. The molecule has 1 aromatic carbocycles. The Balaban J connectivity index is 1.31. The first-order chi connectivity index (χ1) is 12.2. The molecule has 25 heavy (non-hydrogen) atoms. The van der Waals surface area contributed by atoms with E-state index in [-0.39, 0.29) is 5.78 Å². The van der Waals surface area contributed by atoms with Crippen LogP contribution in [-0.4, -0.2) is 45.9 Å². The molecule has 0 unspecified atom stereocenters. The molecule has 4 rings (SSSR count). The summed E-state index contributed by atoms with van der Waals surface area (Å²) in [7, 11) is 1.71. The van der Waals surface area contributed by atoms with E-state index in [1.54, 1.807) is 7.11 Å². The Morgan fingerprint density at radius 1 is 1.32 bits per heavy atom. The van der Waals surface area contributed by atoms with E-state index in [2.05, 4.69) is 28.2 Å². The molecular weight excluding hydrogens is 316 g/mol. The molecule has 0 amide bonds. The van der Waals surface area contributed by atoms with Crippen LogP contribution < -0.4 is 4.74 Å². The van der Waals surface area contributed by atoms with Gasteiger partial charge in [0.15, 0.2) is 5.78 Å². The number of ketones is 1. The van der Waals surface area contributed by atoms with Crippen LogP contribution in [0.3, 0.4) is 0 Å². The van der Waals surface area contributed by atoms with Crippen molar-refractivity contribution in [3.05, 3.63) is 41.7 Å². The van der Waals surface area contributed by atoms with Gasteiger partial charge < -0.3 is 4.74 Å². The maximum absolute atomic E-state index is 12.4. The van der Waals surface area contributed by atoms with Crippen molar-refractivity contribution < 1.29 is 9.53 Å². The van der Waals surface area contributed by atoms with E-state index in [0.717, 1.165) is 31.7 Å². The van der Waals surface area contributed by atoms with Gasteiger partial charge in [0.2, 0.25) is 0 Å². The van der Waals surface area contributed by atoms with Crippen LogP contribution in [0.1, 0.15) is 54.3 Å². The van der Waals surface area contributed by atoms with Gasteiger partial charge in [-0.2, -0.15) is 0 Å². The molecule has 0 N–H and O–H groups in total. The average Bonchev–Trinajstić information content (AvgIpc) is 3.33. The van der Waals surface area contributed by atoms with E-state index in [0.29, 0.717) is 30.1 Å². The molecule has 1 saturated heterocycles. The molecule has 1 aromatic heterocycles. The first-order valence-corrected chi connectivity index (χ1v) is 8.97. The maximum atomic E-state index is 12.4. The van der Waals surface area contributed by atoms with Gasteiger partial charge in [-0.15, -0.1) is 5.10 Å². The quantitative estimate of drug-likeness (QED) is 0.725. The largest absolute Gasteiger partial charge is 0.496 e. The van der Waals surface area contributed by atoms with Crippen LogP contribution in [0.15, 0.2) is 30.5 Å². The van der Waals surface area contributed by atoms with E-state index in [1.165, 1.54) is 5.56 Å². The van der Waals surface area contributed by atoms with Crippen molar-refractivity contribution in [3.8, 4) is 5.75 Å². The molecule has 2 heterocycles. The van der Waals surface area contributed by atoms with Gasteiger partial charge >= 0.3 is 0 Å². The number of hydrogen-bond acceptors (Lipinski definition) is 5. The Hall–Kier alpha value is -2.21. The molecule has 6 nitrogen and oxygen atoms in total. The number of methoxy groups -OCH3 is 1. The van der Waals surface area contributed by atoms with E-state index in [9.17, 15) is 4.79 Å². The second kappa shape index (κ2) is 6.59. The second-order valence-electron chi connectivity index (χ2n) is 7.18. The summed E-state index contributed by atoms with van der Waals surface area (Å²) in [6, 6.07) is 8.89. The highest BCUT2D eigenvalue weighted by atomic mass is 16.5. The fraction of sp³-hybridized carbons (Fsp3) is 0.526. The van der Waals surface area contributed by atoms with Gasteiger partial charge in [0.1, 0.15) is 11.4 Å². The monoisotopic (exact) mass is 340 g/mol. The Bertz CT molecular complexity index is 762. The molecule has 1 atom stereocenters. The number of benzene rings is 1. The zero-order valence-corrected chi connectivity index (χ0v) is 14.8. The highest BCUT2D eigenvalue weighted by molar-refractivity contribution is 5.94. The number of carbonyl (C=O) groups excluding carboxylic acids is 1. The van der Waals surface area contributed by atoms with Crippen LogP contribution in [0.25, 0.3) is 0 Å². The Labute approximate surface area is 147 Å². The summed E-state index contributed by atoms with van der Waals surface area (Å²) in [6.07, 6.45) is 4.66. The summed E-state index contributed by atoms with van der Waals surface area (Å²) in [4.78, 5) is 14.8.